The predicted octanol–water partition coefficient (Wildman–Crippen LogP) is 2.50. The number of aliphatic hydroxyl groups is 1. The molecule has 0 bridgehead atoms. The minimum Gasteiger partial charge on any atom is -0.388 e. The molecule has 1 aromatic carbocycles. The van der Waals surface area contributed by atoms with E-state index in [1.54, 1.807) is 7.05 Å². The summed E-state index contributed by atoms with van der Waals surface area (Å²) in [6.07, 6.45) is 5.10. The Balaban J connectivity index is 1.49. The van der Waals surface area contributed by atoms with Gasteiger partial charge in [-0.1, -0.05) is 28.8 Å². The Kier molecular flexibility index (Phi) is 5.66. The first-order valence-corrected chi connectivity index (χ1v) is 9.57. The topological polar surface area (TPSA) is 59.9 Å². The largest absolute Gasteiger partial charge is 0.388 e. The summed E-state index contributed by atoms with van der Waals surface area (Å²) >= 11 is 3.48. The molecule has 3 N–H and O–H groups in total. The number of halogens is 1. The zero-order valence-corrected chi connectivity index (χ0v) is 15.8. The van der Waals surface area contributed by atoms with Crippen LogP contribution in [0.25, 0.3) is 0 Å². The molecule has 1 aromatic rings. The highest BCUT2D eigenvalue weighted by atomic mass is 79.9. The summed E-state index contributed by atoms with van der Waals surface area (Å²) in [5.41, 5.74) is 0.697. The summed E-state index contributed by atoms with van der Waals surface area (Å²) in [7, 11) is 1.79. The van der Waals surface area contributed by atoms with Gasteiger partial charge in [-0.3, -0.25) is 4.99 Å². The molecule has 0 spiro atoms. The quantitative estimate of drug-likeness (QED) is 0.542. The van der Waals surface area contributed by atoms with Crippen LogP contribution in [0.5, 0.6) is 0 Å². The molecule has 1 unspecified atom stereocenters. The number of nitrogens with one attached hydrogen (secondary N) is 2. The third-order valence-corrected chi connectivity index (χ3v) is 5.59. The van der Waals surface area contributed by atoms with Gasteiger partial charge in [0.15, 0.2) is 5.96 Å². The third kappa shape index (κ3) is 4.42. The summed E-state index contributed by atoms with van der Waals surface area (Å²) in [6.45, 7) is 2.59. The molecule has 0 aromatic heterocycles. The van der Waals surface area contributed by atoms with Crippen molar-refractivity contribution >= 4 is 27.6 Å². The molecule has 1 heterocycles. The highest BCUT2D eigenvalue weighted by molar-refractivity contribution is 9.10. The maximum atomic E-state index is 10.5. The lowest BCUT2D eigenvalue weighted by atomic mass is 10.0. The molecule has 5 nitrogen and oxygen atoms in total. The van der Waals surface area contributed by atoms with Gasteiger partial charge in [0.1, 0.15) is 0 Å². The minimum absolute atomic E-state index is 0.373. The summed E-state index contributed by atoms with van der Waals surface area (Å²) in [4.78, 5) is 6.70. The first-order chi connectivity index (χ1) is 11.6. The monoisotopic (exact) mass is 394 g/mol. The van der Waals surface area contributed by atoms with E-state index in [2.05, 4.69) is 60.7 Å². The van der Waals surface area contributed by atoms with Crippen molar-refractivity contribution in [2.24, 2.45) is 4.99 Å². The van der Waals surface area contributed by atoms with Gasteiger partial charge in [-0.05, 0) is 43.5 Å². The van der Waals surface area contributed by atoms with Gasteiger partial charge in [0, 0.05) is 42.9 Å². The van der Waals surface area contributed by atoms with E-state index in [-0.39, 0.29) is 0 Å². The van der Waals surface area contributed by atoms with Crippen molar-refractivity contribution in [3.05, 3.63) is 28.7 Å². The van der Waals surface area contributed by atoms with E-state index in [4.69, 9.17) is 0 Å². The highest BCUT2D eigenvalue weighted by Gasteiger charge is 2.31. The average Bonchev–Trinajstić information content (AvgIpc) is 3.22. The number of anilines is 1. The Bertz CT molecular complexity index is 569. The number of benzene rings is 1. The fourth-order valence-corrected chi connectivity index (χ4v) is 3.87. The van der Waals surface area contributed by atoms with Crippen molar-refractivity contribution in [1.82, 2.24) is 10.6 Å². The van der Waals surface area contributed by atoms with Crippen molar-refractivity contribution < 1.29 is 5.11 Å². The molecule has 24 heavy (non-hydrogen) atoms. The normalized spacial score (nSPS) is 23.5. The molecule has 1 aliphatic heterocycles. The SMILES string of the molecule is CN=C(NCC1(O)CCCC1)NC1CCN(c2ccc(Br)cc2)C1. The fraction of sp³-hybridized carbons (Fsp3) is 0.611. The van der Waals surface area contributed by atoms with Crippen LogP contribution in [0.1, 0.15) is 32.1 Å². The van der Waals surface area contributed by atoms with Crippen LogP contribution in [0, 0.1) is 0 Å². The maximum absolute atomic E-state index is 10.5. The van der Waals surface area contributed by atoms with Crippen LogP contribution in [0.2, 0.25) is 0 Å². The first-order valence-electron chi connectivity index (χ1n) is 8.78. The summed E-state index contributed by atoms with van der Waals surface area (Å²) in [5.74, 6) is 0.790. The number of hydrogen-bond donors (Lipinski definition) is 3. The predicted molar refractivity (Wildman–Crippen MR) is 103 cm³/mol. The lowest BCUT2D eigenvalue weighted by Gasteiger charge is -2.25. The van der Waals surface area contributed by atoms with E-state index in [1.165, 1.54) is 5.69 Å². The van der Waals surface area contributed by atoms with E-state index < -0.39 is 5.60 Å². The standard InChI is InChI=1S/C18H27BrN4O/c1-20-17(21-13-18(24)9-2-3-10-18)22-15-8-11-23(12-15)16-6-4-14(19)5-7-16/h4-7,15,24H,2-3,8-13H2,1H3,(H2,20,21,22). The molecular formula is C18H27BrN4O. The Morgan fingerprint density at radius 3 is 2.71 bits per heavy atom. The van der Waals surface area contributed by atoms with Gasteiger partial charge in [-0.15, -0.1) is 0 Å². The maximum Gasteiger partial charge on any atom is 0.191 e. The molecular weight excluding hydrogens is 368 g/mol. The Morgan fingerprint density at radius 1 is 1.33 bits per heavy atom. The number of guanidine groups is 1. The van der Waals surface area contributed by atoms with Crippen molar-refractivity contribution in [3.8, 4) is 0 Å². The average molecular weight is 395 g/mol. The third-order valence-electron chi connectivity index (χ3n) is 5.06. The molecule has 132 valence electrons. The second-order valence-corrected chi connectivity index (χ2v) is 7.83. The van der Waals surface area contributed by atoms with E-state index in [1.807, 2.05) is 0 Å². The summed E-state index contributed by atoms with van der Waals surface area (Å²) in [5, 5.41) is 17.3. The van der Waals surface area contributed by atoms with Gasteiger partial charge in [-0.25, -0.2) is 0 Å². The number of aliphatic imine (C=N–C) groups is 1. The Hall–Kier alpha value is -1.27. The van der Waals surface area contributed by atoms with Gasteiger partial charge in [0.2, 0.25) is 0 Å². The number of nitrogens with zero attached hydrogens (tertiary/aromatic N) is 2. The van der Waals surface area contributed by atoms with Crippen LogP contribution < -0.4 is 15.5 Å². The van der Waals surface area contributed by atoms with E-state index >= 15 is 0 Å². The van der Waals surface area contributed by atoms with Gasteiger partial charge in [0.05, 0.1) is 5.60 Å². The van der Waals surface area contributed by atoms with Crippen molar-refractivity contribution in [2.75, 3.05) is 31.6 Å². The number of rotatable bonds is 4. The lowest BCUT2D eigenvalue weighted by molar-refractivity contribution is 0.0521. The fourth-order valence-electron chi connectivity index (χ4n) is 3.61. The molecule has 1 atom stereocenters. The minimum atomic E-state index is -0.559. The molecule has 2 fully saturated rings. The molecule has 1 saturated carbocycles. The summed E-state index contributed by atoms with van der Waals surface area (Å²) < 4.78 is 1.11. The molecule has 1 aliphatic carbocycles. The van der Waals surface area contributed by atoms with Crippen LogP contribution in [-0.4, -0.2) is 49.4 Å². The van der Waals surface area contributed by atoms with Crippen LogP contribution in [0.3, 0.4) is 0 Å². The lowest BCUT2D eigenvalue weighted by Crippen LogP contribution is -2.49. The number of hydrogen-bond acceptors (Lipinski definition) is 3. The zero-order chi connectivity index (χ0) is 17.0. The second-order valence-electron chi connectivity index (χ2n) is 6.91. The van der Waals surface area contributed by atoms with Gasteiger partial charge in [-0.2, -0.15) is 0 Å². The van der Waals surface area contributed by atoms with Gasteiger partial charge < -0.3 is 20.6 Å². The molecule has 2 aliphatic rings. The van der Waals surface area contributed by atoms with E-state index in [0.29, 0.717) is 12.6 Å². The highest BCUT2D eigenvalue weighted by Crippen LogP contribution is 2.28. The van der Waals surface area contributed by atoms with Crippen LogP contribution in [0.4, 0.5) is 5.69 Å². The van der Waals surface area contributed by atoms with Crippen molar-refractivity contribution in [3.63, 3.8) is 0 Å². The van der Waals surface area contributed by atoms with Crippen LogP contribution in [0.15, 0.2) is 33.7 Å². The summed E-state index contributed by atoms with van der Waals surface area (Å²) in [6, 6.07) is 8.83. The van der Waals surface area contributed by atoms with Crippen molar-refractivity contribution in [2.45, 2.75) is 43.7 Å². The van der Waals surface area contributed by atoms with Crippen LogP contribution in [-0.2, 0) is 0 Å². The molecule has 0 radical (unpaired) electrons. The Labute approximate surface area is 152 Å². The second kappa shape index (κ2) is 7.74. The van der Waals surface area contributed by atoms with E-state index in [9.17, 15) is 5.11 Å². The molecule has 6 heteroatoms. The molecule has 3 rings (SSSR count). The Morgan fingerprint density at radius 2 is 2.04 bits per heavy atom. The van der Waals surface area contributed by atoms with E-state index in [0.717, 1.165) is 55.6 Å². The zero-order valence-electron chi connectivity index (χ0n) is 14.3. The molecule has 1 saturated heterocycles. The van der Waals surface area contributed by atoms with Crippen molar-refractivity contribution in [1.29, 1.82) is 0 Å². The smallest absolute Gasteiger partial charge is 0.191 e. The van der Waals surface area contributed by atoms with Gasteiger partial charge in [0.25, 0.3) is 0 Å². The van der Waals surface area contributed by atoms with Gasteiger partial charge >= 0.3 is 0 Å². The molecule has 0 amide bonds. The first kappa shape index (κ1) is 17.5. The van der Waals surface area contributed by atoms with Crippen LogP contribution >= 0.6 is 15.9 Å².